The van der Waals surface area contributed by atoms with Gasteiger partial charge in [-0.2, -0.15) is 0 Å². The predicted octanol–water partition coefficient (Wildman–Crippen LogP) is 3.69. The standard InChI is InChI=1S/C21H25N3O2/c25-19-6-3-4-15(12-19)7-10-18-5-1-2-11-24(18)21(26)17-13-22-20(23-14-17)16-8-9-16/h3-4,6,12-14,16,18,25H,1-2,5,7-11H2/t18-/m1/s1. The second kappa shape index (κ2) is 7.44. The van der Waals surface area contributed by atoms with Gasteiger partial charge in [0.1, 0.15) is 11.6 Å². The summed E-state index contributed by atoms with van der Waals surface area (Å²) in [7, 11) is 0. The quantitative estimate of drug-likeness (QED) is 0.892. The highest BCUT2D eigenvalue weighted by Gasteiger charge is 2.29. The number of carbonyl (C=O) groups excluding carboxylic acids is 1. The van der Waals surface area contributed by atoms with Gasteiger partial charge in [-0.25, -0.2) is 9.97 Å². The molecule has 1 aliphatic heterocycles. The zero-order valence-corrected chi connectivity index (χ0v) is 15.0. The lowest BCUT2D eigenvalue weighted by molar-refractivity contribution is 0.0601. The third-order valence-electron chi connectivity index (χ3n) is 5.43. The summed E-state index contributed by atoms with van der Waals surface area (Å²) in [6.45, 7) is 0.800. The molecule has 1 aliphatic carbocycles. The van der Waals surface area contributed by atoms with Gasteiger partial charge in [0.2, 0.25) is 0 Å². The third kappa shape index (κ3) is 3.87. The summed E-state index contributed by atoms with van der Waals surface area (Å²) in [5.74, 6) is 1.73. The summed E-state index contributed by atoms with van der Waals surface area (Å²) in [5, 5.41) is 9.63. The van der Waals surface area contributed by atoms with Crippen LogP contribution in [0.15, 0.2) is 36.7 Å². The molecule has 1 aromatic heterocycles. The van der Waals surface area contributed by atoms with Gasteiger partial charge in [0, 0.05) is 30.9 Å². The maximum atomic E-state index is 13.0. The smallest absolute Gasteiger partial charge is 0.257 e. The highest BCUT2D eigenvalue weighted by atomic mass is 16.3. The molecule has 1 atom stereocenters. The molecular weight excluding hydrogens is 326 g/mol. The fraction of sp³-hybridized carbons (Fsp3) is 0.476. The summed E-state index contributed by atoms with van der Waals surface area (Å²) in [6.07, 6.45) is 10.7. The number of benzene rings is 1. The number of rotatable bonds is 5. The molecule has 136 valence electrons. The highest BCUT2D eigenvalue weighted by Crippen LogP contribution is 2.37. The molecule has 2 fully saturated rings. The Labute approximate surface area is 154 Å². The zero-order valence-electron chi connectivity index (χ0n) is 15.0. The Morgan fingerprint density at radius 2 is 1.96 bits per heavy atom. The zero-order chi connectivity index (χ0) is 17.9. The Kier molecular flexibility index (Phi) is 4.87. The van der Waals surface area contributed by atoms with Crippen LogP contribution in [-0.4, -0.2) is 38.5 Å². The SMILES string of the molecule is O=C(c1cnc(C2CC2)nc1)N1CCCC[C@@H]1CCc1cccc(O)c1. The molecule has 5 heteroatoms. The van der Waals surface area contributed by atoms with Gasteiger partial charge in [-0.3, -0.25) is 4.79 Å². The Balaban J connectivity index is 1.43. The van der Waals surface area contributed by atoms with Crippen LogP contribution < -0.4 is 0 Å². The van der Waals surface area contributed by atoms with Gasteiger partial charge in [0.15, 0.2) is 0 Å². The molecule has 0 spiro atoms. The first-order valence-corrected chi connectivity index (χ1v) is 9.61. The summed E-state index contributed by atoms with van der Waals surface area (Å²) >= 11 is 0. The number of phenols is 1. The number of aromatic hydroxyl groups is 1. The number of piperidine rings is 1. The van der Waals surface area contributed by atoms with Crippen molar-refractivity contribution < 1.29 is 9.90 Å². The van der Waals surface area contributed by atoms with Crippen LogP contribution in [0.2, 0.25) is 0 Å². The first-order valence-electron chi connectivity index (χ1n) is 9.61. The fourth-order valence-electron chi connectivity index (χ4n) is 3.78. The first-order chi connectivity index (χ1) is 12.7. The second-order valence-corrected chi connectivity index (χ2v) is 7.46. The maximum absolute atomic E-state index is 13.0. The molecule has 0 bridgehead atoms. The van der Waals surface area contributed by atoms with E-state index in [4.69, 9.17) is 0 Å². The van der Waals surface area contributed by atoms with Crippen LogP contribution in [0, 0.1) is 0 Å². The number of aromatic nitrogens is 2. The average Bonchev–Trinajstić information content (AvgIpc) is 3.52. The summed E-state index contributed by atoms with van der Waals surface area (Å²) in [5.41, 5.74) is 1.71. The van der Waals surface area contributed by atoms with E-state index in [-0.39, 0.29) is 11.9 Å². The van der Waals surface area contributed by atoms with E-state index in [2.05, 4.69) is 9.97 Å². The molecule has 0 unspecified atom stereocenters. The number of hydrogen-bond acceptors (Lipinski definition) is 4. The maximum Gasteiger partial charge on any atom is 0.257 e. The predicted molar refractivity (Wildman–Crippen MR) is 99.1 cm³/mol. The van der Waals surface area contributed by atoms with Crippen molar-refractivity contribution in [2.45, 2.75) is 56.9 Å². The molecule has 1 saturated heterocycles. The van der Waals surface area contributed by atoms with Crippen LogP contribution in [0.3, 0.4) is 0 Å². The average molecular weight is 351 g/mol. The van der Waals surface area contributed by atoms with Crippen molar-refractivity contribution in [2.24, 2.45) is 0 Å². The molecule has 5 nitrogen and oxygen atoms in total. The van der Waals surface area contributed by atoms with Crippen LogP contribution >= 0.6 is 0 Å². The third-order valence-corrected chi connectivity index (χ3v) is 5.43. The van der Waals surface area contributed by atoms with Gasteiger partial charge in [-0.15, -0.1) is 0 Å². The van der Waals surface area contributed by atoms with Crippen LogP contribution in [0.5, 0.6) is 5.75 Å². The molecule has 1 aromatic carbocycles. The number of carbonyl (C=O) groups is 1. The minimum Gasteiger partial charge on any atom is -0.508 e. The Morgan fingerprint density at radius 1 is 1.15 bits per heavy atom. The molecule has 4 rings (SSSR count). The van der Waals surface area contributed by atoms with Gasteiger partial charge in [0.25, 0.3) is 5.91 Å². The summed E-state index contributed by atoms with van der Waals surface area (Å²) in [6, 6.07) is 7.62. The Bertz CT molecular complexity index is 771. The Hall–Kier alpha value is -2.43. The molecule has 1 amide bonds. The largest absolute Gasteiger partial charge is 0.508 e. The lowest BCUT2D eigenvalue weighted by Crippen LogP contribution is -2.44. The molecule has 0 radical (unpaired) electrons. The lowest BCUT2D eigenvalue weighted by atomic mass is 9.95. The molecule has 2 aromatic rings. The van der Waals surface area contributed by atoms with E-state index in [1.165, 1.54) is 0 Å². The van der Waals surface area contributed by atoms with Crippen LogP contribution in [0.4, 0.5) is 0 Å². The number of phenolic OH excluding ortho intramolecular Hbond substituents is 1. The molecule has 2 heterocycles. The van der Waals surface area contributed by atoms with Crippen molar-refractivity contribution >= 4 is 5.91 Å². The van der Waals surface area contributed by atoms with E-state index >= 15 is 0 Å². The molecular formula is C21H25N3O2. The highest BCUT2D eigenvalue weighted by molar-refractivity contribution is 5.93. The number of nitrogens with zero attached hydrogens (tertiary/aromatic N) is 3. The number of aryl methyl sites for hydroxylation is 1. The lowest BCUT2D eigenvalue weighted by Gasteiger charge is -2.36. The summed E-state index contributed by atoms with van der Waals surface area (Å²) in [4.78, 5) is 23.8. The number of hydrogen-bond donors (Lipinski definition) is 1. The molecule has 26 heavy (non-hydrogen) atoms. The van der Waals surface area contributed by atoms with Gasteiger partial charge < -0.3 is 10.0 Å². The fourth-order valence-corrected chi connectivity index (χ4v) is 3.78. The molecule has 2 aliphatic rings. The van der Waals surface area contributed by atoms with E-state index in [0.29, 0.717) is 17.2 Å². The van der Waals surface area contributed by atoms with Crippen LogP contribution in [-0.2, 0) is 6.42 Å². The normalized spacial score (nSPS) is 20.2. The second-order valence-electron chi connectivity index (χ2n) is 7.46. The summed E-state index contributed by atoms with van der Waals surface area (Å²) < 4.78 is 0. The number of amides is 1. The van der Waals surface area contributed by atoms with Crippen LogP contribution in [0.25, 0.3) is 0 Å². The topological polar surface area (TPSA) is 66.3 Å². The van der Waals surface area contributed by atoms with Crippen molar-refractivity contribution in [3.63, 3.8) is 0 Å². The minimum atomic E-state index is 0.0490. The van der Waals surface area contributed by atoms with Gasteiger partial charge in [-0.05, 0) is 62.6 Å². The number of likely N-dealkylation sites (tertiary alicyclic amines) is 1. The van der Waals surface area contributed by atoms with E-state index in [9.17, 15) is 9.90 Å². The minimum absolute atomic E-state index is 0.0490. The van der Waals surface area contributed by atoms with Crippen molar-refractivity contribution in [3.8, 4) is 5.75 Å². The molecule has 1 N–H and O–H groups in total. The van der Waals surface area contributed by atoms with Gasteiger partial charge >= 0.3 is 0 Å². The van der Waals surface area contributed by atoms with Crippen molar-refractivity contribution in [3.05, 3.63) is 53.6 Å². The van der Waals surface area contributed by atoms with Gasteiger partial charge in [-0.1, -0.05) is 12.1 Å². The van der Waals surface area contributed by atoms with E-state index in [0.717, 1.165) is 62.9 Å². The van der Waals surface area contributed by atoms with Crippen molar-refractivity contribution in [1.82, 2.24) is 14.9 Å². The van der Waals surface area contributed by atoms with Crippen LogP contribution in [0.1, 0.15) is 66.2 Å². The van der Waals surface area contributed by atoms with E-state index < -0.39 is 0 Å². The van der Waals surface area contributed by atoms with E-state index in [1.54, 1.807) is 24.5 Å². The Morgan fingerprint density at radius 3 is 2.69 bits per heavy atom. The van der Waals surface area contributed by atoms with Gasteiger partial charge in [0.05, 0.1) is 5.56 Å². The van der Waals surface area contributed by atoms with Crippen molar-refractivity contribution in [2.75, 3.05) is 6.54 Å². The first kappa shape index (κ1) is 17.0. The molecule has 1 saturated carbocycles. The monoisotopic (exact) mass is 351 g/mol. The van der Waals surface area contributed by atoms with E-state index in [1.807, 2.05) is 17.0 Å². The van der Waals surface area contributed by atoms with Crippen molar-refractivity contribution in [1.29, 1.82) is 0 Å².